The molecule has 0 saturated carbocycles. The van der Waals surface area contributed by atoms with Gasteiger partial charge in [-0.3, -0.25) is 14.8 Å². The van der Waals surface area contributed by atoms with Crippen LogP contribution >= 0.6 is 23.2 Å². The van der Waals surface area contributed by atoms with Crippen LogP contribution in [0.3, 0.4) is 0 Å². The molecule has 0 fully saturated rings. The zero-order valence-corrected chi connectivity index (χ0v) is 22.5. The second-order valence-electron chi connectivity index (χ2n) is 6.23. The third-order valence-corrected chi connectivity index (χ3v) is 4.57. The van der Waals surface area contributed by atoms with Crippen molar-refractivity contribution in [2.75, 3.05) is 0 Å². The van der Waals surface area contributed by atoms with Crippen LogP contribution < -0.4 is 10.9 Å². The predicted molar refractivity (Wildman–Crippen MR) is 148 cm³/mol. The maximum Gasteiger partial charge on any atom is 0.257 e. The molecule has 5 nitrogen and oxygen atoms in total. The number of alkyl halides is 2. The fourth-order valence-electron chi connectivity index (χ4n) is 2.57. The molecule has 0 radical (unpaired) electrons. The first kappa shape index (κ1) is 32.8. The first-order valence-corrected chi connectivity index (χ1v) is 12.4. The lowest BCUT2D eigenvalue weighted by molar-refractivity contribution is -0.110. The van der Waals surface area contributed by atoms with Gasteiger partial charge in [-0.15, -0.1) is 0 Å². The van der Waals surface area contributed by atoms with Crippen molar-refractivity contribution in [1.82, 2.24) is 20.4 Å². The smallest absolute Gasteiger partial charge is 0.257 e. The summed E-state index contributed by atoms with van der Waals surface area (Å²) in [6, 6.07) is 15.3. The Labute approximate surface area is 222 Å². The number of amides is 1. The van der Waals surface area contributed by atoms with Gasteiger partial charge in [-0.05, 0) is 55.3 Å². The van der Waals surface area contributed by atoms with Crippen LogP contribution in [0.4, 0.5) is 8.78 Å². The normalized spacial score (nSPS) is 10.0. The van der Waals surface area contributed by atoms with Crippen LogP contribution in [0.5, 0.6) is 0 Å². The first-order valence-electron chi connectivity index (χ1n) is 11.6. The van der Waals surface area contributed by atoms with Crippen molar-refractivity contribution < 1.29 is 13.6 Å². The molecule has 3 aromatic rings. The highest BCUT2D eigenvalue weighted by molar-refractivity contribution is 6.33. The summed E-state index contributed by atoms with van der Waals surface area (Å²) in [4.78, 5) is 14.1. The molecular formula is C27H34Cl2F2N4O. The van der Waals surface area contributed by atoms with Crippen molar-refractivity contribution in [2.24, 2.45) is 0 Å². The van der Waals surface area contributed by atoms with Gasteiger partial charge >= 0.3 is 0 Å². The van der Waals surface area contributed by atoms with Gasteiger partial charge in [-0.2, -0.15) is 0 Å². The van der Waals surface area contributed by atoms with E-state index < -0.39 is 6.43 Å². The summed E-state index contributed by atoms with van der Waals surface area (Å²) in [5.41, 5.74) is 6.57. The molecule has 0 spiro atoms. The van der Waals surface area contributed by atoms with E-state index >= 15 is 0 Å². The minimum atomic E-state index is -2.38. The molecular weight excluding hydrogens is 505 g/mol. The number of carbonyl (C=O) groups excluding carboxylic acids is 1. The Morgan fingerprint density at radius 1 is 0.944 bits per heavy atom. The fraction of sp³-hybridized carbons (Fsp3) is 0.259. The maximum absolute atomic E-state index is 11.5. The van der Waals surface area contributed by atoms with Crippen molar-refractivity contribution in [3.8, 4) is 17.1 Å². The predicted octanol–water partition coefficient (Wildman–Crippen LogP) is 8.25. The van der Waals surface area contributed by atoms with E-state index in [9.17, 15) is 13.6 Å². The molecule has 0 bridgehead atoms. The number of nitrogens with one attached hydrogen (secondary N) is 2. The molecule has 1 aromatic heterocycles. The van der Waals surface area contributed by atoms with Gasteiger partial charge in [-0.1, -0.05) is 75.2 Å². The number of aromatic nitrogens is 2. The summed E-state index contributed by atoms with van der Waals surface area (Å²) in [6.45, 7) is 8.00. The molecule has 2 aromatic carbocycles. The highest BCUT2D eigenvalue weighted by Gasteiger charge is 2.10. The third kappa shape index (κ3) is 13.1. The van der Waals surface area contributed by atoms with Gasteiger partial charge in [0.25, 0.3) is 6.43 Å². The quantitative estimate of drug-likeness (QED) is 0.125. The summed E-state index contributed by atoms with van der Waals surface area (Å²) in [7, 11) is 0. The summed E-state index contributed by atoms with van der Waals surface area (Å²) in [5, 5.41) is 1.40. The summed E-state index contributed by atoms with van der Waals surface area (Å²) in [5.74, 6) is 0.813. The standard InChI is InChI=1S/C15H10Cl2N2.C8H12F2N2O.2C2H6/c16-11-5-7-12(8-6-11)19-10-9-18-15(19)13-3-1-2-4-14(13)17;9-8(10)5-3-1-2-4-6-11-12-7-13;2*1-2/h1-10H;3-8,11H,1-2H2,(H,12,13);2*1-2H3/b;5-3+,6-4+;;. The largest absolute Gasteiger partial charge is 0.306 e. The lowest BCUT2D eigenvalue weighted by Gasteiger charge is -2.09. The number of allylic oxidation sites excluding steroid dienone is 3. The molecule has 0 saturated heterocycles. The number of unbranched alkanes of at least 4 members (excludes halogenated alkanes) is 1. The summed E-state index contributed by atoms with van der Waals surface area (Å²) < 4.78 is 25.1. The number of nitrogens with zero attached hydrogens (tertiary/aromatic N) is 2. The van der Waals surface area contributed by atoms with Gasteiger partial charge in [0, 0.05) is 34.9 Å². The van der Waals surface area contributed by atoms with Crippen LogP contribution in [0.25, 0.3) is 17.1 Å². The zero-order valence-electron chi connectivity index (χ0n) is 21.0. The van der Waals surface area contributed by atoms with E-state index in [0.717, 1.165) is 23.2 Å². The van der Waals surface area contributed by atoms with E-state index in [1.165, 1.54) is 12.3 Å². The average molecular weight is 539 g/mol. The summed E-state index contributed by atoms with van der Waals surface area (Å²) >= 11 is 12.1. The van der Waals surface area contributed by atoms with Crippen molar-refractivity contribution in [3.05, 3.63) is 95.4 Å². The second kappa shape index (κ2) is 21.1. The number of hydrazine groups is 1. The lowest BCUT2D eigenvalue weighted by atomic mass is 10.2. The molecule has 36 heavy (non-hydrogen) atoms. The Morgan fingerprint density at radius 2 is 1.58 bits per heavy atom. The minimum absolute atomic E-state index is 0.501. The Kier molecular flexibility index (Phi) is 19.3. The molecule has 0 atom stereocenters. The molecule has 0 aliphatic rings. The summed E-state index contributed by atoms with van der Waals surface area (Å²) in [6.07, 6.45) is 8.53. The van der Waals surface area contributed by atoms with Crippen molar-refractivity contribution >= 4 is 29.6 Å². The zero-order chi connectivity index (χ0) is 27.2. The Hall–Kier alpha value is -3.16. The molecule has 1 amide bonds. The van der Waals surface area contributed by atoms with E-state index in [1.54, 1.807) is 12.3 Å². The van der Waals surface area contributed by atoms with Crippen LogP contribution in [-0.2, 0) is 4.79 Å². The van der Waals surface area contributed by atoms with E-state index in [2.05, 4.69) is 15.8 Å². The number of rotatable bonds is 9. The number of carbonyl (C=O) groups is 1. The highest BCUT2D eigenvalue weighted by atomic mass is 35.5. The van der Waals surface area contributed by atoms with E-state index in [-0.39, 0.29) is 0 Å². The molecule has 0 unspecified atom stereocenters. The fourth-order valence-corrected chi connectivity index (χ4v) is 2.92. The lowest BCUT2D eigenvalue weighted by Crippen LogP contribution is -2.24. The van der Waals surface area contributed by atoms with Crippen LogP contribution in [-0.4, -0.2) is 22.4 Å². The highest BCUT2D eigenvalue weighted by Crippen LogP contribution is 2.28. The van der Waals surface area contributed by atoms with E-state index in [4.69, 9.17) is 23.2 Å². The van der Waals surface area contributed by atoms with Crippen LogP contribution in [0, 0.1) is 0 Å². The van der Waals surface area contributed by atoms with Crippen molar-refractivity contribution in [2.45, 2.75) is 47.0 Å². The van der Waals surface area contributed by atoms with Crippen molar-refractivity contribution in [3.63, 3.8) is 0 Å². The maximum atomic E-state index is 11.5. The molecule has 196 valence electrons. The van der Waals surface area contributed by atoms with Gasteiger partial charge in [0.15, 0.2) is 0 Å². The number of halogens is 4. The van der Waals surface area contributed by atoms with Gasteiger partial charge < -0.3 is 5.43 Å². The Bertz CT molecular complexity index is 1020. The third-order valence-electron chi connectivity index (χ3n) is 3.99. The van der Waals surface area contributed by atoms with Gasteiger partial charge in [-0.25, -0.2) is 13.8 Å². The Morgan fingerprint density at radius 3 is 2.19 bits per heavy atom. The number of benzene rings is 2. The van der Waals surface area contributed by atoms with Crippen molar-refractivity contribution in [1.29, 1.82) is 0 Å². The molecule has 0 aliphatic heterocycles. The van der Waals surface area contributed by atoms with Gasteiger partial charge in [0.05, 0.1) is 5.02 Å². The van der Waals surface area contributed by atoms with Gasteiger partial charge in [0.1, 0.15) is 5.82 Å². The van der Waals surface area contributed by atoms with E-state index in [0.29, 0.717) is 29.3 Å². The molecule has 0 aliphatic carbocycles. The van der Waals surface area contributed by atoms with Crippen LogP contribution in [0.15, 0.2) is 85.4 Å². The molecule has 3 rings (SSSR count). The molecule has 2 N–H and O–H groups in total. The first-order chi connectivity index (χ1) is 17.5. The Balaban J connectivity index is 0.000000636. The van der Waals surface area contributed by atoms with E-state index in [1.807, 2.05) is 87.0 Å². The topological polar surface area (TPSA) is 59.0 Å². The number of hydrogen-bond donors (Lipinski definition) is 2. The number of hydrogen-bond acceptors (Lipinski definition) is 3. The SMILES string of the molecule is CC.CC.Clc1ccc(-n2ccnc2-c2ccccc2Cl)cc1.O=CNN/C=C/CC/C=C/C(F)F. The minimum Gasteiger partial charge on any atom is -0.306 e. The second-order valence-corrected chi connectivity index (χ2v) is 7.07. The monoisotopic (exact) mass is 538 g/mol. The van der Waals surface area contributed by atoms with Gasteiger partial charge in [0.2, 0.25) is 6.41 Å². The molecule has 9 heteroatoms. The number of imidazole rings is 1. The molecule has 1 heterocycles. The average Bonchev–Trinajstić information content (AvgIpc) is 3.39. The van der Waals surface area contributed by atoms with Crippen LogP contribution in [0.2, 0.25) is 10.0 Å². The van der Waals surface area contributed by atoms with Crippen LogP contribution in [0.1, 0.15) is 40.5 Å².